The number of rotatable bonds is 9. The number of hydrogen-bond acceptors (Lipinski definition) is 5. The second-order valence-electron chi connectivity index (χ2n) is 10.8. The van der Waals surface area contributed by atoms with Crippen LogP contribution < -0.4 is 10.6 Å². The van der Waals surface area contributed by atoms with Crippen LogP contribution in [0.3, 0.4) is 0 Å². The molecule has 0 saturated carbocycles. The molecule has 3 amide bonds. The molecule has 202 valence electrons. The lowest BCUT2D eigenvalue weighted by molar-refractivity contribution is -0.138. The first-order chi connectivity index (χ1) is 19.0. The molecule has 39 heavy (non-hydrogen) atoms. The Morgan fingerprint density at radius 2 is 1.64 bits per heavy atom. The van der Waals surface area contributed by atoms with Gasteiger partial charge in [-0.2, -0.15) is 0 Å². The number of thioether (sulfide) groups is 1. The number of para-hydroxylation sites is 1. The number of hydrogen-bond donors (Lipinski definition) is 3. The molecule has 2 bridgehead atoms. The first-order valence-corrected chi connectivity index (χ1v) is 14.6. The Balaban J connectivity index is 1.29. The highest BCUT2D eigenvalue weighted by molar-refractivity contribution is 8.02. The van der Waals surface area contributed by atoms with Crippen molar-refractivity contribution >= 4 is 51.6 Å². The first-order valence-electron chi connectivity index (χ1n) is 13.8. The lowest BCUT2D eigenvalue weighted by atomic mass is 9.70. The summed E-state index contributed by atoms with van der Waals surface area (Å²) in [6.45, 7) is 0.538. The van der Waals surface area contributed by atoms with Gasteiger partial charge >= 0.3 is 0 Å². The van der Waals surface area contributed by atoms with Gasteiger partial charge in [0.2, 0.25) is 17.7 Å². The van der Waals surface area contributed by atoms with E-state index in [2.05, 4.69) is 10.6 Å². The van der Waals surface area contributed by atoms with Gasteiger partial charge in [-0.15, -0.1) is 11.8 Å². The lowest BCUT2D eigenvalue weighted by Gasteiger charge is -2.34. The third-order valence-electron chi connectivity index (χ3n) is 8.47. The second kappa shape index (κ2) is 10.7. The van der Waals surface area contributed by atoms with Crippen molar-refractivity contribution in [2.45, 2.75) is 48.1 Å². The van der Waals surface area contributed by atoms with E-state index in [0.717, 1.165) is 30.0 Å². The van der Waals surface area contributed by atoms with Crippen molar-refractivity contribution in [3.63, 3.8) is 0 Å². The van der Waals surface area contributed by atoms with E-state index in [1.54, 1.807) is 16.7 Å². The topological polar surface area (TPSA) is 98.7 Å². The second-order valence-corrected chi connectivity index (χ2v) is 12.4. The summed E-state index contributed by atoms with van der Waals surface area (Å²) in [7, 11) is 0. The van der Waals surface area contributed by atoms with E-state index in [1.807, 2.05) is 72.8 Å². The number of nitrogens with one attached hydrogen (secondary N) is 2. The van der Waals surface area contributed by atoms with E-state index in [9.17, 15) is 19.5 Å². The number of nitrogens with zero attached hydrogens (tertiary/aromatic N) is 1. The molecule has 7 nitrogen and oxygen atoms in total. The molecule has 3 aliphatic rings. The summed E-state index contributed by atoms with van der Waals surface area (Å²) in [5.74, 6) is -1.44. The zero-order valence-electron chi connectivity index (χ0n) is 21.7. The molecule has 2 unspecified atom stereocenters. The molecule has 3 aliphatic heterocycles. The standard InChI is InChI=1S/C31H33N3O4S/c35-18-8-2-7-17-34-27(29(37)33-23-14-13-20-9-5-6-10-21(20)19-23)31-16-15-24(39-31)25(26(31)30(34)38)28(36)32-22-11-3-1-4-12-22/h1,3-6,9-14,19,24-27,35H,2,7-8,15-18H2,(H,32,36)(H,33,37)/t24-,25+,26-,27?,31?/m0/s1. The number of benzene rings is 3. The molecular weight excluding hydrogens is 510 g/mol. The molecule has 1 spiro atoms. The van der Waals surface area contributed by atoms with Crippen LogP contribution in [0, 0.1) is 11.8 Å². The Hall–Kier alpha value is -3.36. The predicted molar refractivity (Wildman–Crippen MR) is 154 cm³/mol. The van der Waals surface area contributed by atoms with Crippen LogP contribution in [-0.4, -0.2) is 56.9 Å². The van der Waals surface area contributed by atoms with Gasteiger partial charge in [0.05, 0.1) is 16.6 Å². The number of fused-ring (bicyclic) bond motifs is 2. The molecule has 5 atom stereocenters. The maximum Gasteiger partial charge on any atom is 0.248 e. The highest BCUT2D eigenvalue weighted by atomic mass is 32.2. The van der Waals surface area contributed by atoms with Crippen LogP contribution in [0.25, 0.3) is 10.8 Å². The monoisotopic (exact) mass is 543 g/mol. The van der Waals surface area contributed by atoms with E-state index < -0.39 is 22.6 Å². The summed E-state index contributed by atoms with van der Waals surface area (Å²) in [5.41, 5.74) is 1.41. The van der Waals surface area contributed by atoms with Crippen molar-refractivity contribution in [3.8, 4) is 0 Å². The Morgan fingerprint density at radius 3 is 2.44 bits per heavy atom. The fourth-order valence-electron chi connectivity index (χ4n) is 6.79. The summed E-state index contributed by atoms with van der Waals surface area (Å²) < 4.78 is -0.627. The molecule has 0 aliphatic carbocycles. The van der Waals surface area contributed by atoms with Crippen LogP contribution >= 0.6 is 11.8 Å². The lowest BCUT2D eigenvalue weighted by Crippen LogP contribution is -2.51. The van der Waals surface area contributed by atoms with Crippen molar-refractivity contribution in [3.05, 3.63) is 72.8 Å². The SMILES string of the molecule is O=C(Nc1ccc2ccccc2c1)C1N(CCCCCO)C(=O)[C@@H]2[C@H](C(=O)Nc3ccccc3)[C@@H]3CCC12S3. The quantitative estimate of drug-likeness (QED) is 0.341. The molecule has 3 N–H and O–H groups in total. The average Bonchev–Trinajstić information content (AvgIpc) is 3.59. The fourth-order valence-corrected chi connectivity index (χ4v) is 9.01. The molecule has 3 aromatic carbocycles. The predicted octanol–water partition coefficient (Wildman–Crippen LogP) is 4.67. The molecule has 0 aromatic heterocycles. The minimum Gasteiger partial charge on any atom is -0.396 e. The highest BCUT2D eigenvalue weighted by Crippen LogP contribution is 2.66. The molecule has 3 fully saturated rings. The van der Waals surface area contributed by atoms with Crippen LogP contribution in [0.15, 0.2) is 72.8 Å². The number of unbranched alkanes of at least 4 members (excludes halogenated alkanes) is 2. The number of carbonyl (C=O) groups excluding carboxylic acids is 3. The van der Waals surface area contributed by atoms with Crippen molar-refractivity contribution in [1.29, 1.82) is 0 Å². The zero-order chi connectivity index (χ0) is 27.0. The summed E-state index contributed by atoms with van der Waals surface area (Å²) in [5, 5.41) is 17.5. The number of aliphatic hydroxyl groups excluding tert-OH is 1. The van der Waals surface area contributed by atoms with Crippen LogP contribution in [0.2, 0.25) is 0 Å². The zero-order valence-corrected chi connectivity index (χ0v) is 22.5. The van der Waals surface area contributed by atoms with Crippen molar-refractivity contribution < 1.29 is 19.5 Å². The molecule has 3 saturated heterocycles. The number of amides is 3. The number of carbonyl (C=O) groups is 3. The van der Waals surface area contributed by atoms with E-state index in [4.69, 9.17) is 0 Å². The molecule has 3 heterocycles. The number of aliphatic hydroxyl groups is 1. The van der Waals surface area contributed by atoms with E-state index >= 15 is 0 Å². The largest absolute Gasteiger partial charge is 0.396 e. The van der Waals surface area contributed by atoms with Gasteiger partial charge in [0.25, 0.3) is 0 Å². The molecular formula is C31H33N3O4S. The van der Waals surface area contributed by atoms with Gasteiger partial charge in [0.15, 0.2) is 0 Å². The van der Waals surface area contributed by atoms with E-state index in [-0.39, 0.29) is 29.6 Å². The van der Waals surface area contributed by atoms with Crippen molar-refractivity contribution in [2.24, 2.45) is 11.8 Å². The molecule has 6 rings (SSSR count). The maximum atomic E-state index is 14.0. The minimum atomic E-state index is -0.653. The van der Waals surface area contributed by atoms with Gasteiger partial charge in [-0.3, -0.25) is 14.4 Å². The van der Waals surface area contributed by atoms with Crippen LogP contribution in [0.4, 0.5) is 11.4 Å². The van der Waals surface area contributed by atoms with Crippen LogP contribution in [-0.2, 0) is 14.4 Å². The Labute approximate surface area is 232 Å². The normalized spacial score (nSPS) is 27.1. The van der Waals surface area contributed by atoms with Gasteiger partial charge in [-0.1, -0.05) is 48.5 Å². The maximum absolute atomic E-state index is 14.0. The first kappa shape index (κ1) is 25.9. The van der Waals surface area contributed by atoms with Gasteiger partial charge < -0.3 is 20.6 Å². The highest BCUT2D eigenvalue weighted by Gasteiger charge is 2.73. The van der Waals surface area contributed by atoms with Gasteiger partial charge in [0, 0.05) is 29.8 Å². The molecule has 8 heteroatoms. The van der Waals surface area contributed by atoms with Gasteiger partial charge in [0.1, 0.15) is 6.04 Å². The van der Waals surface area contributed by atoms with Gasteiger partial charge in [-0.25, -0.2) is 0 Å². The van der Waals surface area contributed by atoms with E-state index in [1.165, 1.54) is 0 Å². The van der Waals surface area contributed by atoms with Crippen molar-refractivity contribution in [1.82, 2.24) is 4.90 Å². The van der Waals surface area contributed by atoms with Gasteiger partial charge in [-0.05, 0) is 67.1 Å². The van der Waals surface area contributed by atoms with E-state index in [0.29, 0.717) is 30.8 Å². The smallest absolute Gasteiger partial charge is 0.248 e. The Bertz CT molecular complexity index is 1400. The summed E-state index contributed by atoms with van der Waals surface area (Å²) >= 11 is 1.67. The number of anilines is 2. The fraction of sp³-hybridized carbons (Fsp3) is 0.387. The molecule has 0 radical (unpaired) electrons. The minimum absolute atomic E-state index is 0.00942. The Kier molecular flexibility index (Phi) is 7.08. The summed E-state index contributed by atoms with van der Waals surface area (Å²) in [6, 6.07) is 22.5. The molecule has 3 aromatic rings. The van der Waals surface area contributed by atoms with Crippen molar-refractivity contribution in [2.75, 3.05) is 23.8 Å². The Morgan fingerprint density at radius 1 is 0.897 bits per heavy atom. The van der Waals surface area contributed by atoms with Crippen LogP contribution in [0.1, 0.15) is 32.1 Å². The summed E-state index contributed by atoms with van der Waals surface area (Å²) in [4.78, 5) is 43.4. The third kappa shape index (κ3) is 4.59. The third-order valence-corrected chi connectivity index (χ3v) is 10.4. The van der Waals surface area contributed by atoms with Crippen LogP contribution in [0.5, 0.6) is 0 Å². The summed E-state index contributed by atoms with van der Waals surface area (Å²) in [6.07, 6.45) is 3.66. The average molecular weight is 544 g/mol. The number of likely N-dealkylation sites (tertiary alicyclic amines) is 1.